The second-order valence-electron chi connectivity index (χ2n) is 5.66. The molecule has 0 radical (unpaired) electrons. The predicted molar refractivity (Wildman–Crippen MR) is 98.2 cm³/mol. The summed E-state index contributed by atoms with van der Waals surface area (Å²) >= 11 is 1.25. The summed E-state index contributed by atoms with van der Waals surface area (Å²) in [6, 6.07) is 15.2. The van der Waals surface area contributed by atoms with Crippen LogP contribution in [0.4, 0.5) is 0 Å². The van der Waals surface area contributed by atoms with E-state index in [-0.39, 0.29) is 5.56 Å². The molecule has 126 valence electrons. The maximum atomic E-state index is 12.8. The molecule has 0 saturated carbocycles. The lowest BCUT2D eigenvalue weighted by molar-refractivity contribution is 0.834. The third-order valence-electron chi connectivity index (χ3n) is 3.78. The van der Waals surface area contributed by atoms with Crippen LogP contribution in [0, 0.1) is 18.3 Å². The molecule has 0 unspecified atom stereocenters. The number of aryl methyl sites for hydroxylation is 2. The number of benzene rings is 1. The van der Waals surface area contributed by atoms with Crippen molar-refractivity contribution in [2.24, 2.45) is 0 Å². The zero-order valence-electron chi connectivity index (χ0n) is 14.1. The largest absolute Gasteiger partial charge is 0.294 e. The van der Waals surface area contributed by atoms with E-state index in [0.29, 0.717) is 15.5 Å². The van der Waals surface area contributed by atoms with Gasteiger partial charge in [0.05, 0.1) is 11.3 Å². The molecule has 0 atom stereocenters. The third kappa shape index (κ3) is 3.52. The first-order valence-electron chi connectivity index (χ1n) is 8.09. The quantitative estimate of drug-likeness (QED) is 0.758. The summed E-state index contributed by atoms with van der Waals surface area (Å²) in [5.41, 5.74) is 2.80. The van der Waals surface area contributed by atoms with Crippen molar-refractivity contribution < 1.29 is 0 Å². The number of hydrogen-bond acceptors (Lipinski definition) is 4. The van der Waals surface area contributed by atoms with E-state index in [4.69, 9.17) is 0 Å². The molecule has 5 nitrogen and oxygen atoms in total. The van der Waals surface area contributed by atoms with E-state index in [2.05, 4.69) is 23.1 Å². The summed E-state index contributed by atoms with van der Waals surface area (Å²) in [6.45, 7) is 3.94. The molecular formula is C19H18N4OS. The van der Waals surface area contributed by atoms with E-state index in [1.54, 1.807) is 6.07 Å². The van der Waals surface area contributed by atoms with Crippen molar-refractivity contribution in [3.05, 3.63) is 69.8 Å². The number of aromatic amines is 1. The zero-order chi connectivity index (χ0) is 17.8. The highest BCUT2D eigenvalue weighted by atomic mass is 32.2. The lowest BCUT2D eigenvalue weighted by Crippen LogP contribution is -2.15. The number of nitrogens with one attached hydrogen (secondary N) is 1. The standard InChI is InChI=1S/C19H18N4OS/c1-3-7-15-11-10-14(12-20)18(21-15)25-17-13(2)22-23(19(17)24)16-8-5-4-6-9-16/h4-6,8-11,22H,3,7H2,1-2H3. The Balaban J connectivity index is 2.02. The van der Waals surface area contributed by atoms with Crippen molar-refractivity contribution in [3.8, 4) is 11.8 Å². The first-order chi connectivity index (χ1) is 12.1. The molecule has 0 aliphatic heterocycles. The number of H-pyrrole nitrogens is 1. The van der Waals surface area contributed by atoms with Crippen LogP contribution in [-0.4, -0.2) is 14.8 Å². The van der Waals surface area contributed by atoms with Crippen LogP contribution in [0.1, 0.15) is 30.3 Å². The molecule has 3 rings (SSSR count). The van der Waals surface area contributed by atoms with Gasteiger partial charge in [0.15, 0.2) is 0 Å². The van der Waals surface area contributed by atoms with E-state index in [9.17, 15) is 10.1 Å². The molecule has 2 heterocycles. The molecule has 0 amide bonds. The Morgan fingerprint density at radius 1 is 1.24 bits per heavy atom. The molecule has 1 N–H and O–H groups in total. The molecular weight excluding hydrogens is 332 g/mol. The highest BCUT2D eigenvalue weighted by Crippen LogP contribution is 2.29. The summed E-state index contributed by atoms with van der Waals surface area (Å²) < 4.78 is 1.51. The highest BCUT2D eigenvalue weighted by molar-refractivity contribution is 7.99. The molecule has 0 aliphatic carbocycles. The van der Waals surface area contributed by atoms with Gasteiger partial charge in [-0.2, -0.15) is 5.26 Å². The monoisotopic (exact) mass is 350 g/mol. The molecule has 6 heteroatoms. The maximum absolute atomic E-state index is 12.8. The SMILES string of the molecule is CCCc1ccc(C#N)c(Sc2c(C)[nH]n(-c3ccccc3)c2=O)n1. The van der Waals surface area contributed by atoms with Crippen LogP contribution in [0.25, 0.3) is 5.69 Å². The average molecular weight is 350 g/mol. The second kappa shape index (κ2) is 7.41. The minimum absolute atomic E-state index is 0.139. The van der Waals surface area contributed by atoms with Gasteiger partial charge < -0.3 is 0 Å². The number of para-hydroxylation sites is 1. The van der Waals surface area contributed by atoms with Gasteiger partial charge in [-0.1, -0.05) is 43.3 Å². The van der Waals surface area contributed by atoms with E-state index >= 15 is 0 Å². The number of pyridine rings is 1. The fourth-order valence-corrected chi connectivity index (χ4v) is 3.50. The van der Waals surface area contributed by atoms with Crippen molar-refractivity contribution in [2.45, 2.75) is 36.6 Å². The van der Waals surface area contributed by atoms with Crippen LogP contribution in [0.15, 0.2) is 57.2 Å². The van der Waals surface area contributed by atoms with Gasteiger partial charge >= 0.3 is 0 Å². The molecule has 25 heavy (non-hydrogen) atoms. The lowest BCUT2D eigenvalue weighted by Gasteiger charge is -2.04. The van der Waals surface area contributed by atoms with E-state index in [1.807, 2.05) is 43.3 Å². The molecule has 0 aliphatic rings. The van der Waals surface area contributed by atoms with Gasteiger partial charge in [0.25, 0.3) is 5.56 Å². The summed E-state index contributed by atoms with van der Waals surface area (Å²) in [7, 11) is 0. The van der Waals surface area contributed by atoms with Gasteiger partial charge in [-0.15, -0.1) is 0 Å². The number of hydrogen-bond donors (Lipinski definition) is 1. The number of nitriles is 1. The Morgan fingerprint density at radius 3 is 2.68 bits per heavy atom. The van der Waals surface area contributed by atoms with Gasteiger partial charge in [-0.25, -0.2) is 9.67 Å². The smallest absolute Gasteiger partial charge is 0.285 e. The third-order valence-corrected chi connectivity index (χ3v) is 4.96. The van der Waals surface area contributed by atoms with Crippen molar-refractivity contribution in [3.63, 3.8) is 0 Å². The van der Waals surface area contributed by atoms with Crippen molar-refractivity contribution >= 4 is 11.8 Å². The number of nitrogens with zero attached hydrogens (tertiary/aromatic N) is 3. The minimum Gasteiger partial charge on any atom is -0.294 e. The van der Waals surface area contributed by atoms with Gasteiger partial charge in [0.2, 0.25) is 0 Å². The maximum Gasteiger partial charge on any atom is 0.285 e. The number of aromatic nitrogens is 3. The molecule has 0 saturated heterocycles. The fraction of sp³-hybridized carbons (Fsp3) is 0.211. The van der Waals surface area contributed by atoms with Crippen molar-refractivity contribution in [2.75, 3.05) is 0 Å². The first-order valence-corrected chi connectivity index (χ1v) is 8.90. The number of rotatable bonds is 5. The van der Waals surface area contributed by atoms with Crippen LogP contribution >= 0.6 is 11.8 Å². The van der Waals surface area contributed by atoms with Gasteiger partial charge in [0, 0.05) is 11.4 Å². The Kier molecular flexibility index (Phi) is 5.05. The Hall–Kier alpha value is -2.78. The average Bonchev–Trinajstić information content (AvgIpc) is 2.91. The van der Waals surface area contributed by atoms with Gasteiger partial charge in [0.1, 0.15) is 16.0 Å². The summed E-state index contributed by atoms with van der Waals surface area (Å²) in [5.74, 6) is 0. The van der Waals surface area contributed by atoms with Crippen LogP contribution in [0.3, 0.4) is 0 Å². The van der Waals surface area contributed by atoms with Crippen LogP contribution in [-0.2, 0) is 6.42 Å². The van der Waals surface area contributed by atoms with Crippen LogP contribution in [0.5, 0.6) is 0 Å². The Labute approximate surface area is 150 Å². The van der Waals surface area contributed by atoms with Gasteiger partial charge in [-0.3, -0.25) is 9.89 Å². The minimum atomic E-state index is -0.139. The fourth-order valence-electron chi connectivity index (χ4n) is 2.54. The van der Waals surface area contributed by atoms with E-state index in [1.165, 1.54) is 16.4 Å². The molecule has 3 aromatic rings. The summed E-state index contributed by atoms with van der Waals surface area (Å²) in [5, 5.41) is 13.0. The Morgan fingerprint density at radius 2 is 2.00 bits per heavy atom. The molecule has 0 bridgehead atoms. The highest BCUT2D eigenvalue weighted by Gasteiger charge is 2.17. The molecule has 2 aromatic heterocycles. The lowest BCUT2D eigenvalue weighted by atomic mass is 10.2. The summed E-state index contributed by atoms with van der Waals surface area (Å²) in [6.07, 6.45) is 1.83. The summed E-state index contributed by atoms with van der Waals surface area (Å²) in [4.78, 5) is 17.9. The molecule has 1 aromatic carbocycles. The van der Waals surface area contributed by atoms with Crippen molar-refractivity contribution in [1.29, 1.82) is 5.26 Å². The predicted octanol–water partition coefficient (Wildman–Crippen LogP) is 3.84. The second-order valence-corrected chi connectivity index (χ2v) is 6.66. The van der Waals surface area contributed by atoms with Crippen molar-refractivity contribution in [1.82, 2.24) is 14.8 Å². The molecule has 0 spiro atoms. The zero-order valence-corrected chi connectivity index (χ0v) is 14.9. The topological polar surface area (TPSA) is 74.5 Å². The van der Waals surface area contributed by atoms with Crippen LogP contribution in [0.2, 0.25) is 0 Å². The molecule has 0 fully saturated rings. The van der Waals surface area contributed by atoms with Gasteiger partial charge in [-0.05, 0) is 37.6 Å². The van der Waals surface area contributed by atoms with E-state index < -0.39 is 0 Å². The first kappa shape index (κ1) is 17.1. The Bertz CT molecular complexity index is 983. The van der Waals surface area contributed by atoms with E-state index in [0.717, 1.165) is 29.9 Å². The normalized spacial score (nSPS) is 10.6. The van der Waals surface area contributed by atoms with Crippen LogP contribution < -0.4 is 5.56 Å².